The van der Waals surface area contributed by atoms with E-state index in [4.69, 9.17) is 5.26 Å². The van der Waals surface area contributed by atoms with Gasteiger partial charge in [-0.2, -0.15) is 5.26 Å². The molecule has 1 aromatic rings. The first kappa shape index (κ1) is 12.0. The molecule has 0 aliphatic heterocycles. The van der Waals surface area contributed by atoms with Crippen molar-refractivity contribution in [2.75, 3.05) is 0 Å². The monoisotopic (exact) mass is 229 g/mol. The summed E-state index contributed by atoms with van der Waals surface area (Å²) in [5, 5.41) is 8.39. The molecule has 0 saturated heterocycles. The Morgan fingerprint density at radius 2 is 2.12 bits per heavy atom. The Kier molecular flexibility index (Phi) is 3.51. The fraction of sp³-hybridized carbons (Fsp3) is 0.200. The Balaban J connectivity index is 3.03. The number of ether oxygens (including phenoxy) is 1. The number of hydrogen-bond acceptors (Lipinski definition) is 3. The fourth-order valence-corrected chi connectivity index (χ4v) is 1.11. The van der Waals surface area contributed by atoms with Crippen LogP contribution >= 0.6 is 0 Å². The van der Waals surface area contributed by atoms with Crippen LogP contribution in [0.5, 0.6) is 5.75 Å². The molecule has 0 fully saturated rings. The van der Waals surface area contributed by atoms with E-state index in [1.165, 1.54) is 12.1 Å². The van der Waals surface area contributed by atoms with Gasteiger partial charge in [-0.15, -0.1) is 13.2 Å². The molecule has 0 radical (unpaired) electrons. The summed E-state index contributed by atoms with van der Waals surface area (Å²) in [6.07, 6.45) is -4.57. The van der Waals surface area contributed by atoms with E-state index in [0.29, 0.717) is 5.56 Å². The van der Waals surface area contributed by atoms with Crippen LogP contribution in [0.4, 0.5) is 13.2 Å². The maximum Gasteiger partial charge on any atom is 0.573 e. The highest BCUT2D eigenvalue weighted by molar-refractivity contribution is 5.79. The summed E-state index contributed by atoms with van der Waals surface area (Å²) < 4.78 is 39.4. The molecule has 0 unspecified atom stereocenters. The molecule has 0 heterocycles. The van der Waals surface area contributed by atoms with E-state index in [-0.39, 0.29) is 18.3 Å². The molecule has 0 amide bonds. The van der Waals surface area contributed by atoms with E-state index >= 15 is 0 Å². The van der Waals surface area contributed by atoms with Gasteiger partial charge >= 0.3 is 6.36 Å². The van der Waals surface area contributed by atoms with Crippen molar-refractivity contribution in [3.8, 4) is 11.8 Å². The van der Waals surface area contributed by atoms with Gasteiger partial charge in [-0.25, -0.2) is 0 Å². The SMILES string of the molecule is N#CCc1ccc(OC(F)(F)F)c(C=O)c1. The molecule has 0 aromatic heterocycles. The molecule has 16 heavy (non-hydrogen) atoms. The lowest BCUT2D eigenvalue weighted by molar-refractivity contribution is -0.274. The number of carbonyl (C=O) groups excluding carboxylic acids is 1. The van der Waals surface area contributed by atoms with Gasteiger partial charge in [0.05, 0.1) is 18.1 Å². The summed E-state index contributed by atoms with van der Waals surface area (Å²) in [4.78, 5) is 10.5. The zero-order chi connectivity index (χ0) is 12.2. The van der Waals surface area contributed by atoms with E-state index in [1.807, 2.05) is 6.07 Å². The zero-order valence-corrected chi connectivity index (χ0v) is 7.91. The topological polar surface area (TPSA) is 50.1 Å². The van der Waals surface area contributed by atoms with Crippen molar-refractivity contribution in [1.29, 1.82) is 5.26 Å². The van der Waals surface area contributed by atoms with Gasteiger partial charge in [0.1, 0.15) is 5.75 Å². The number of halogens is 3. The van der Waals surface area contributed by atoms with Crippen LogP contribution in [0.2, 0.25) is 0 Å². The summed E-state index contributed by atoms with van der Waals surface area (Å²) in [6, 6.07) is 5.34. The van der Waals surface area contributed by atoms with Crippen LogP contribution in [-0.4, -0.2) is 12.6 Å². The van der Waals surface area contributed by atoms with E-state index in [0.717, 1.165) is 6.07 Å². The van der Waals surface area contributed by atoms with Crippen LogP contribution in [0.3, 0.4) is 0 Å². The van der Waals surface area contributed by atoms with Crippen molar-refractivity contribution >= 4 is 6.29 Å². The third kappa shape index (κ3) is 3.28. The number of nitrogens with zero attached hydrogens (tertiary/aromatic N) is 1. The average Bonchev–Trinajstić information content (AvgIpc) is 2.18. The maximum atomic E-state index is 11.9. The summed E-state index contributed by atoms with van der Waals surface area (Å²) in [7, 11) is 0. The molecule has 0 N–H and O–H groups in total. The highest BCUT2D eigenvalue weighted by Gasteiger charge is 2.32. The lowest BCUT2D eigenvalue weighted by Gasteiger charge is -2.10. The lowest BCUT2D eigenvalue weighted by Crippen LogP contribution is -2.18. The van der Waals surface area contributed by atoms with E-state index in [9.17, 15) is 18.0 Å². The molecule has 0 bridgehead atoms. The van der Waals surface area contributed by atoms with Crippen molar-refractivity contribution in [2.24, 2.45) is 0 Å². The largest absolute Gasteiger partial charge is 0.573 e. The number of benzene rings is 1. The summed E-state index contributed by atoms with van der Waals surface area (Å²) in [5.41, 5.74) is 0.226. The van der Waals surface area contributed by atoms with Crippen LogP contribution in [0.1, 0.15) is 15.9 Å². The van der Waals surface area contributed by atoms with Gasteiger partial charge in [-0.05, 0) is 17.7 Å². The predicted molar refractivity (Wildman–Crippen MR) is 47.8 cm³/mol. The number of rotatable bonds is 3. The number of aldehydes is 1. The molecule has 0 saturated carbocycles. The van der Waals surface area contributed by atoms with Gasteiger partial charge < -0.3 is 4.74 Å². The average molecular weight is 229 g/mol. The van der Waals surface area contributed by atoms with Crippen molar-refractivity contribution in [2.45, 2.75) is 12.8 Å². The van der Waals surface area contributed by atoms with Gasteiger partial charge in [-0.1, -0.05) is 6.07 Å². The molecule has 0 atom stereocenters. The summed E-state index contributed by atoms with van der Waals surface area (Å²) in [6.45, 7) is 0. The van der Waals surface area contributed by atoms with E-state index < -0.39 is 12.1 Å². The molecule has 3 nitrogen and oxygen atoms in total. The molecule has 0 spiro atoms. The number of nitriles is 1. The Hall–Kier alpha value is -2.03. The highest BCUT2D eigenvalue weighted by atomic mass is 19.4. The first-order valence-corrected chi connectivity index (χ1v) is 4.17. The van der Waals surface area contributed by atoms with Crippen LogP contribution in [0.25, 0.3) is 0 Å². The molecule has 0 aliphatic carbocycles. The molecule has 1 rings (SSSR count). The minimum Gasteiger partial charge on any atom is -0.405 e. The Morgan fingerprint density at radius 3 is 2.62 bits per heavy atom. The minimum atomic E-state index is -4.84. The molecule has 84 valence electrons. The van der Waals surface area contributed by atoms with Crippen molar-refractivity contribution < 1.29 is 22.7 Å². The number of carbonyl (C=O) groups is 1. The van der Waals surface area contributed by atoms with Crippen molar-refractivity contribution in [3.05, 3.63) is 29.3 Å². The second-order valence-electron chi connectivity index (χ2n) is 2.87. The number of alkyl halides is 3. The summed E-state index contributed by atoms with van der Waals surface area (Å²) >= 11 is 0. The minimum absolute atomic E-state index is 0.0210. The number of hydrogen-bond donors (Lipinski definition) is 0. The van der Waals surface area contributed by atoms with Gasteiger partial charge in [0.2, 0.25) is 0 Å². The Labute approximate surface area is 89.1 Å². The lowest BCUT2D eigenvalue weighted by atomic mass is 10.1. The van der Waals surface area contributed by atoms with Crippen LogP contribution in [-0.2, 0) is 6.42 Å². The second-order valence-corrected chi connectivity index (χ2v) is 2.87. The van der Waals surface area contributed by atoms with Crippen LogP contribution in [0.15, 0.2) is 18.2 Å². The molecule has 0 aliphatic rings. The predicted octanol–water partition coefficient (Wildman–Crippen LogP) is 2.46. The van der Waals surface area contributed by atoms with Gasteiger partial charge in [0.15, 0.2) is 6.29 Å². The van der Waals surface area contributed by atoms with Crippen LogP contribution in [0, 0.1) is 11.3 Å². The highest BCUT2D eigenvalue weighted by Crippen LogP contribution is 2.26. The first-order valence-electron chi connectivity index (χ1n) is 4.17. The molecular weight excluding hydrogens is 223 g/mol. The van der Waals surface area contributed by atoms with Gasteiger partial charge in [-0.3, -0.25) is 4.79 Å². The molecule has 1 aromatic carbocycles. The summed E-state index contributed by atoms with van der Waals surface area (Å²) in [5.74, 6) is -0.566. The second kappa shape index (κ2) is 4.66. The molecule has 6 heteroatoms. The van der Waals surface area contributed by atoms with Crippen molar-refractivity contribution in [3.63, 3.8) is 0 Å². The zero-order valence-electron chi connectivity index (χ0n) is 7.91. The third-order valence-corrected chi connectivity index (χ3v) is 1.71. The van der Waals surface area contributed by atoms with Gasteiger partial charge in [0, 0.05) is 0 Å². The van der Waals surface area contributed by atoms with E-state index in [1.54, 1.807) is 0 Å². The first-order chi connectivity index (χ1) is 7.46. The normalized spacial score (nSPS) is 10.6. The van der Waals surface area contributed by atoms with Gasteiger partial charge in [0.25, 0.3) is 0 Å². The maximum absolute atomic E-state index is 11.9. The molecular formula is C10H6F3NO2. The quantitative estimate of drug-likeness (QED) is 0.748. The third-order valence-electron chi connectivity index (χ3n) is 1.71. The smallest absolute Gasteiger partial charge is 0.405 e. The van der Waals surface area contributed by atoms with E-state index in [2.05, 4.69) is 4.74 Å². The fourth-order valence-electron chi connectivity index (χ4n) is 1.11. The Bertz CT molecular complexity index is 435. The Morgan fingerprint density at radius 1 is 1.44 bits per heavy atom. The standard InChI is InChI=1S/C10H6F3NO2/c11-10(12,13)16-9-2-1-7(3-4-14)5-8(9)6-15/h1-2,5-6H,3H2. The van der Waals surface area contributed by atoms with Crippen molar-refractivity contribution in [1.82, 2.24) is 0 Å². The van der Waals surface area contributed by atoms with Crippen LogP contribution < -0.4 is 4.74 Å².